The second-order valence-electron chi connectivity index (χ2n) is 18.0. The number of aliphatic hydroxyl groups is 5. The summed E-state index contributed by atoms with van der Waals surface area (Å²) in [5.74, 6) is -1.26. The Bertz CT molecular complexity index is 1470. The first-order chi connectivity index (χ1) is 33.2. The zero-order valence-electron chi connectivity index (χ0n) is 42.4. The van der Waals surface area contributed by atoms with Crippen molar-refractivity contribution >= 4 is 11.9 Å². The van der Waals surface area contributed by atoms with E-state index in [0.29, 0.717) is 12.8 Å². The van der Waals surface area contributed by atoms with E-state index in [9.17, 15) is 35.1 Å². The molecule has 1 aliphatic rings. The van der Waals surface area contributed by atoms with Gasteiger partial charge in [0.2, 0.25) is 5.91 Å². The number of nitrogens with one attached hydrogen (secondary N) is 1. The van der Waals surface area contributed by atoms with Gasteiger partial charge in [-0.05, 0) is 64.2 Å². The van der Waals surface area contributed by atoms with Gasteiger partial charge in [0.1, 0.15) is 24.4 Å². The Kier molecular flexibility index (Phi) is 41.2. The van der Waals surface area contributed by atoms with E-state index < -0.39 is 67.4 Å². The monoisotopic (exact) mass is 954 g/mol. The summed E-state index contributed by atoms with van der Waals surface area (Å²) in [6, 6.07) is -1.05. The molecule has 0 aromatic carbocycles. The fraction of sp³-hybridized carbons (Fsp3) is 0.684. The molecule has 0 aromatic heterocycles. The number of hydrogen-bond acceptors (Lipinski definition) is 10. The van der Waals surface area contributed by atoms with Gasteiger partial charge in [-0.15, -0.1) is 0 Å². The topological polar surface area (TPSA) is 175 Å². The molecule has 0 radical (unpaired) electrons. The zero-order valence-corrected chi connectivity index (χ0v) is 42.4. The van der Waals surface area contributed by atoms with Gasteiger partial charge >= 0.3 is 5.97 Å². The summed E-state index contributed by atoms with van der Waals surface area (Å²) in [5.41, 5.74) is 0. The van der Waals surface area contributed by atoms with Gasteiger partial charge in [0.05, 0.1) is 25.4 Å². The van der Waals surface area contributed by atoms with Crippen LogP contribution in [0.2, 0.25) is 0 Å². The van der Waals surface area contributed by atoms with Crippen LogP contribution in [0.25, 0.3) is 0 Å². The van der Waals surface area contributed by atoms with Crippen LogP contribution in [0.4, 0.5) is 0 Å². The minimum absolute atomic E-state index is 0.102. The highest BCUT2D eigenvalue weighted by Crippen LogP contribution is 2.26. The quantitative estimate of drug-likeness (QED) is 0.0150. The lowest BCUT2D eigenvalue weighted by atomic mass is 9.99. The van der Waals surface area contributed by atoms with Crippen molar-refractivity contribution in [2.75, 3.05) is 13.2 Å². The summed E-state index contributed by atoms with van der Waals surface area (Å²) < 4.78 is 17.5. The largest absolute Gasteiger partial charge is 0.454 e. The third-order valence-electron chi connectivity index (χ3n) is 11.9. The highest BCUT2D eigenvalue weighted by atomic mass is 16.7. The van der Waals surface area contributed by atoms with Gasteiger partial charge in [-0.25, -0.2) is 0 Å². The normalized spacial score (nSPS) is 20.7. The van der Waals surface area contributed by atoms with Crippen molar-refractivity contribution in [2.24, 2.45) is 0 Å². The average Bonchev–Trinajstić information content (AvgIpc) is 3.33. The fourth-order valence-corrected chi connectivity index (χ4v) is 7.60. The van der Waals surface area contributed by atoms with Crippen molar-refractivity contribution in [1.82, 2.24) is 5.32 Å². The summed E-state index contributed by atoms with van der Waals surface area (Å²) >= 11 is 0. The molecule has 1 heterocycles. The Morgan fingerprint density at radius 1 is 0.588 bits per heavy atom. The lowest BCUT2D eigenvalue weighted by Gasteiger charge is -2.41. The number of ether oxygens (including phenoxy) is 3. The predicted molar refractivity (Wildman–Crippen MR) is 278 cm³/mol. The molecule has 6 N–H and O–H groups in total. The van der Waals surface area contributed by atoms with E-state index in [-0.39, 0.29) is 19.4 Å². The van der Waals surface area contributed by atoms with Gasteiger partial charge in [-0.2, -0.15) is 0 Å². The predicted octanol–water partition coefficient (Wildman–Crippen LogP) is 11.2. The van der Waals surface area contributed by atoms with Gasteiger partial charge in [-0.1, -0.05) is 214 Å². The number of amides is 1. The molecule has 0 bridgehead atoms. The van der Waals surface area contributed by atoms with Gasteiger partial charge < -0.3 is 45.1 Å². The molecule has 1 aliphatic heterocycles. The van der Waals surface area contributed by atoms with E-state index >= 15 is 0 Å². The number of esters is 1. The Balaban J connectivity index is 2.84. The number of allylic oxidation sites excluding steroid dienone is 15. The standard InChI is InChI=1S/C57H95NO10/c1-4-7-10-13-16-19-22-24-25-26-27-30-32-35-38-41-44-50(61)56(65)58-48(49(60)43-40-37-34-31-29-23-20-17-14-11-8-5-2)47-66-57-55(54(64)53(63)51(46-59)67-57)68-52(62)45-42-39-36-33-28-21-18-15-12-9-6-3/h7,10,13,15-16,18-19,22,24-27,30,32,40,43,48-51,53-55,57,59-61,63-64H,4-6,8-9,11-12,14,17,20-21,23,28-29,31,33-39,41-42,44-47H2,1-3H3,(H,58,65)/b10-7-,16-13+,18-15-,22-19+,25-24-,27-26+,32-30+,43-40+. The molecule has 1 saturated heterocycles. The van der Waals surface area contributed by atoms with E-state index in [1.165, 1.54) is 57.8 Å². The van der Waals surface area contributed by atoms with Crippen molar-refractivity contribution in [3.05, 3.63) is 97.2 Å². The third kappa shape index (κ3) is 33.2. The van der Waals surface area contributed by atoms with Crippen LogP contribution in [-0.2, 0) is 23.8 Å². The SMILES string of the molecule is CC\C=C/C=C/C=C/C=C\C=C\C=C\CCCCC(O)C(=O)NC(COC1OC(CO)C(O)C(O)C1OC(=O)CCCCCCC/C=C\CCCC)C(O)/C=C/CCCCCCCCCCCC. The van der Waals surface area contributed by atoms with Crippen LogP contribution < -0.4 is 5.32 Å². The van der Waals surface area contributed by atoms with Crippen LogP contribution in [0.5, 0.6) is 0 Å². The van der Waals surface area contributed by atoms with Gasteiger partial charge in [0.15, 0.2) is 12.4 Å². The number of unbranched alkanes of at least 4 members (excludes halogenated alkanes) is 19. The number of carbonyl (C=O) groups excluding carboxylic acids is 2. The number of rotatable bonds is 42. The molecule has 1 fully saturated rings. The molecular weight excluding hydrogens is 859 g/mol. The first-order valence-electron chi connectivity index (χ1n) is 26.6. The minimum atomic E-state index is -1.63. The lowest BCUT2D eigenvalue weighted by molar-refractivity contribution is -0.305. The summed E-state index contributed by atoms with van der Waals surface area (Å²) in [6.45, 7) is 5.52. The second-order valence-corrected chi connectivity index (χ2v) is 18.0. The Morgan fingerprint density at radius 2 is 1.09 bits per heavy atom. The minimum Gasteiger partial charge on any atom is -0.454 e. The van der Waals surface area contributed by atoms with Crippen molar-refractivity contribution < 1.29 is 49.3 Å². The summed E-state index contributed by atoms with van der Waals surface area (Å²) in [4.78, 5) is 26.3. The van der Waals surface area contributed by atoms with E-state index in [1.54, 1.807) is 6.08 Å². The summed E-state index contributed by atoms with van der Waals surface area (Å²) in [6.07, 6.45) is 47.4. The number of carbonyl (C=O) groups is 2. The fourth-order valence-electron chi connectivity index (χ4n) is 7.60. The first-order valence-corrected chi connectivity index (χ1v) is 26.6. The van der Waals surface area contributed by atoms with Crippen molar-refractivity contribution in [2.45, 2.75) is 237 Å². The molecule has 388 valence electrons. The van der Waals surface area contributed by atoms with Gasteiger partial charge in [0.25, 0.3) is 0 Å². The lowest BCUT2D eigenvalue weighted by Crippen LogP contribution is -2.61. The van der Waals surface area contributed by atoms with Crippen LogP contribution >= 0.6 is 0 Å². The smallest absolute Gasteiger partial charge is 0.306 e. The maximum Gasteiger partial charge on any atom is 0.306 e. The first kappa shape index (κ1) is 62.6. The second kappa shape index (κ2) is 44.8. The maximum atomic E-state index is 13.3. The molecule has 0 aliphatic carbocycles. The van der Waals surface area contributed by atoms with Crippen molar-refractivity contribution in [3.8, 4) is 0 Å². The maximum absolute atomic E-state index is 13.3. The molecule has 1 rings (SSSR count). The molecule has 0 aromatic rings. The molecule has 0 spiro atoms. The Hall–Kier alpha value is -3.42. The molecule has 8 atom stereocenters. The van der Waals surface area contributed by atoms with Crippen molar-refractivity contribution in [3.63, 3.8) is 0 Å². The molecule has 1 amide bonds. The van der Waals surface area contributed by atoms with E-state index in [0.717, 1.165) is 83.5 Å². The van der Waals surface area contributed by atoms with Crippen LogP contribution in [0.3, 0.4) is 0 Å². The summed E-state index contributed by atoms with van der Waals surface area (Å²) in [7, 11) is 0. The Morgan fingerprint density at radius 3 is 1.68 bits per heavy atom. The van der Waals surface area contributed by atoms with Crippen LogP contribution in [0, 0.1) is 0 Å². The third-order valence-corrected chi connectivity index (χ3v) is 11.9. The highest BCUT2D eigenvalue weighted by Gasteiger charge is 2.47. The average molecular weight is 954 g/mol. The van der Waals surface area contributed by atoms with Crippen molar-refractivity contribution in [1.29, 1.82) is 0 Å². The van der Waals surface area contributed by atoms with Gasteiger partial charge in [-0.3, -0.25) is 9.59 Å². The summed E-state index contributed by atoms with van der Waals surface area (Å²) in [5, 5.41) is 56.6. The Labute approximate surface area is 412 Å². The van der Waals surface area contributed by atoms with E-state index in [1.807, 2.05) is 72.9 Å². The highest BCUT2D eigenvalue weighted by molar-refractivity contribution is 5.80. The van der Waals surface area contributed by atoms with E-state index in [4.69, 9.17) is 14.2 Å². The number of hydrogen-bond donors (Lipinski definition) is 6. The molecule has 68 heavy (non-hydrogen) atoms. The molecule has 0 saturated carbocycles. The van der Waals surface area contributed by atoms with E-state index in [2.05, 4.69) is 44.3 Å². The molecule has 11 nitrogen and oxygen atoms in total. The zero-order chi connectivity index (χ0) is 49.7. The molecule has 8 unspecified atom stereocenters. The van der Waals surface area contributed by atoms with Crippen LogP contribution in [0.15, 0.2) is 97.2 Å². The number of aliphatic hydroxyl groups excluding tert-OH is 5. The molecule has 11 heteroatoms. The van der Waals surface area contributed by atoms with Crippen LogP contribution in [0.1, 0.15) is 188 Å². The molecular formula is C57H95NO10. The van der Waals surface area contributed by atoms with Crippen LogP contribution in [-0.4, -0.2) is 99.6 Å². The van der Waals surface area contributed by atoms with Gasteiger partial charge in [0, 0.05) is 6.42 Å².